The highest BCUT2D eigenvalue weighted by atomic mass is 35.5. The van der Waals surface area contributed by atoms with Crippen molar-refractivity contribution in [1.29, 1.82) is 0 Å². The van der Waals surface area contributed by atoms with Gasteiger partial charge in [0.15, 0.2) is 16.6 Å². The zero-order chi connectivity index (χ0) is 21.7. The third-order valence-corrected chi connectivity index (χ3v) is 5.78. The van der Waals surface area contributed by atoms with E-state index in [0.29, 0.717) is 34.4 Å². The van der Waals surface area contributed by atoms with Gasteiger partial charge in [0, 0.05) is 6.07 Å². The van der Waals surface area contributed by atoms with E-state index in [4.69, 9.17) is 25.2 Å². The van der Waals surface area contributed by atoms with E-state index >= 15 is 0 Å². The highest BCUT2D eigenvalue weighted by Gasteiger charge is 2.29. The number of aryl methyl sites for hydroxylation is 2. The molecule has 0 fully saturated rings. The van der Waals surface area contributed by atoms with Crippen molar-refractivity contribution in [3.8, 4) is 5.75 Å². The van der Waals surface area contributed by atoms with E-state index < -0.39 is 11.7 Å². The van der Waals surface area contributed by atoms with Crippen LogP contribution < -0.4 is 15.8 Å². The molecule has 0 bridgehead atoms. The third-order valence-electron chi connectivity index (χ3n) is 5.40. The Balaban J connectivity index is 1.94. The Bertz CT molecular complexity index is 1480. The standard InChI is InChI=1S/C25H18ClO5/c1-3-7-15-19-22-16(10-11-18(30-22)14-8-5-4-6-9-14)23-20(17(27)12-13(2)29-23)24(19)31-25(28)21(15)26/h4-6,8-9,11-12,18H,3,7H2,1-2H3. The average molecular weight is 434 g/mol. The maximum absolute atomic E-state index is 12.9. The molecule has 1 aliphatic heterocycles. The second-order valence-corrected chi connectivity index (χ2v) is 7.90. The minimum atomic E-state index is -0.686. The van der Waals surface area contributed by atoms with Crippen LogP contribution in [-0.2, 0) is 6.42 Å². The van der Waals surface area contributed by atoms with E-state index in [1.807, 2.05) is 37.3 Å². The zero-order valence-corrected chi connectivity index (χ0v) is 17.7. The van der Waals surface area contributed by atoms with Crippen LogP contribution >= 0.6 is 11.6 Å². The van der Waals surface area contributed by atoms with Crippen LogP contribution in [0.15, 0.2) is 60.9 Å². The highest BCUT2D eigenvalue weighted by molar-refractivity contribution is 6.32. The molecule has 0 saturated heterocycles. The fourth-order valence-corrected chi connectivity index (χ4v) is 4.29. The van der Waals surface area contributed by atoms with Gasteiger partial charge in [-0.25, -0.2) is 4.79 Å². The molecular formula is C25H18ClO5. The molecule has 1 aliphatic rings. The molecule has 5 nitrogen and oxygen atoms in total. The van der Waals surface area contributed by atoms with Crippen molar-refractivity contribution in [3.63, 3.8) is 0 Å². The minimum Gasteiger partial charge on any atom is -0.480 e. The lowest BCUT2D eigenvalue weighted by Crippen LogP contribution is -2.14. The fourth-order valence-electron chi connectivity index (χ4n) is 4.06. The summed E-state index contributed by atoms with van der Waals surface area (Å²) < 4.78 is 17.9. The summed E-state index contributed by atoms with van der Waals surface area (Å²) in [6.45, 7) is 3.68. The van der Waals surface area contributed by atoms with Gasteiger partial charge in [0.05, 0.1) is 10.9 Å². The molecule has 0 spiro atoms. The molecule has 2 aromatic heterocycles. The number of fused-ring (bicyclic) bond motifs is 6. The Morgan fingerprint density at radius 2 is 1.84 bits per heavy atom. The summed E-state index contributed by atoms with van der Waals surface area (Å²) in [6.07, 6.45) is 5.93. The SMILES string of the molecule is CCCc1c(Cl)c(=O)oc2c1c1c(c3oc(C)cc(=O)c32)[C]=CC(c2ccccc2)O1. The van der Waals surface area contributed by atoms with Crippen LogP contribution in [-0.4, -0.2) is 0 Å². The predicted octanol–water partition coefficient (Wildman–Crippen LogP) is 5.65. The molecule has 31 heavy (non-hydrogen) atoms. The van der Waals surface area contributed by atoms with Gasteiger partial charge in [0.1, 0.15) is 28.0 Å². The lowest BCUT2D eigenvalue weighted by Gasteiger charge is -2.24. The summed E-state index contributed by atoms with van der Waals surface area (Å²) in [4.78, 5) is 25.4. The van der Waals surface area contributed by atoms with E-state index in [2.05, 4.69) is 6.08 Å². The topological polar surface area (TPSA) is 69.7 Å². The Labute approximate surface area is 182 Å². The third kappa shape index (κ3) is 3.08. The molecule has 0 saturated carbocycles. The Kier molecular flexibility index (Phi) is 4.71. The molecule has 3 heterocycles. The summed E-state index contributed by atoms with van der Waals surface area (Å²) in [5, 5.41) is 0.710. The summed E-state index contributed by atoms with van der Waals surface area (Å²) >= 11 is 6.37. The highest BCUT2D eigenvalue weighted by Crippen LogP contribution is 2.44. The average Bonchev–Trinajstić information content (AvgIpc) is 2.76. The van der Waals surface area contributed by atoms with E-state index in [1.54, 1.807) is 13.0 Å². The quantitative estimate of drug-likeness (QED) is 0.308. The van der Waals surface area contributed by atoms with Crippen molar-refractivity contribution >= 4 is 33.5 Å². The molecule has 6 heteroatoms. The summed E-state index contributed by atoms with van der Waals surface area (Å²) in [5.74, 6) is 0.887. The van der Waals surface area contributed by atoms with Gasteiger partial charge in [-0.05, 0) is 36.6 Å². The normalized spacial score (nSPS) is 15.3. The molecule has 1 unspecified atom stereocenters. The summed E-state index contributed by atoms with van der Waals surface area (Å²) in [5.41, 5.74) is 1.49. The molecule has 0 N–H and O–H groups in total. The maximum Gasteiger partial charge on any atom is 0.355 e. The first-order valence-electron chi connectivity index (χ1n) is 10.1. The molecule has 1 atom stereocenters. The van der Waals surface area contributed by atoms with E-state index in [1.165, 1.54) is 6.07 Å². The fraction of sp³-hybridized carbons (Fsp3) is 0.200. The van der Waals surface area contributed by atoms with Crippen molar-refractivity contribution in [3.05, 3.63) is 96.7 Å². The van der Waals surface area contributed by atoms with Crippen LogP contribution in [0.5, 0.6) is 5.75 Å². The second-order valence-electron chi connectivity index (χ2n) is 7.53. The number of hydrogen-bond acceptors (Lipinski definition) is 5. The Hall–Kier alpha value is -3.31. The van der Waals surface area contributed by atoms with Crippen molar-refractivity contribution in [2.24, 2.45) is 0 Å². The molecular weight excluding hydrogens is 416 g/mol. The van der Waals surface area contributed by atoms with Gasteiger partial charge in [0.2, 0.25) is 0 Å². The van der Waals surface area contributed by atoms with Crippen molar-refractivity contribution in [2.75, 3.05) is 0 Å². The second kappa shape index (κ2) is 7.43. The van der Waals surface area contributed by atoms with Crippen molar-refractivity contribution in [1.82, 2.24) is 0 Å². The van der Waals surface area contributed by atoms with Gasteiger partial charge in [-0.15, -0.1) is 0 Å². The van der Waals surface area contributed by atoms with Crippen LogP contribution in [0.3, 0.4) is 0 Å². The zero-order valence-electron chi connectivity index (χ0n) is 17.0. The van der Waals surface area contributed by atoms with Gasteiger partial charge >= 0.3 is 5.63 Å². The van der Waals surface area contributed by atoms with Crippen LogP contribution in [0.1, 0.15) is 41.9 Å². The Morgan fingerprint density at radius 1 is 1.06 bits per heavy atom. The predicted molar refractivity (Wildman–Crippen MR) is 119 cm³/mol. The van der Waals surface area contributed by atoms with E-state index in [9.17, 15) is 9.59 Å². The molecule has 5 rings (SSSR count). The van der Waals surface area contributed by atoms with E-state index in [-0.39, 0.29) is 27.0 Å². The minimum absolute atomic E-state index is 0.00168. The first kappa shape index (κ1) is 19.6. The van der Waals surface area contributed by atoms with Gasteiger partial charge in [0.25, 0.3) is 0 Å². The molecule has 1 radical (unpaired) electrons. The van der Waals surface area contributed by atoms with E-state index in [0.717, 1.165) is 12.0 Å². The van der Waals surface area contributed by atoms with Crippen LogP contribution in [0.25, 0.3) is 21.9 Å². The van der Waals surface area contributed by atoms with Gasteiger partial charge in [-0.1, -0.05) is 55.3 Å². The lowest BCUT2D eigenvalue weighted by molar-refractivity contribution is 0.251. The largest absolute Gasteiger partial charge is 0.480 e. The first-order valence-corrected chi connectivity index (χ1v) is 10.4. The number of rotatable bonds is 3. The van der Waals surface area contributed by atoms with Gasteiger partial charge in [-0.3, -0.25) is 4.79 Å². The van der Waals surface area contributed by atoms with Gasteiger partial charge < -0.3 is 13.6 Å². The molecule has 0 aliphatic carbocycles. The van der Waals surface area contributed by atoms with Crippen molar-refractivity contribution < 1.29 is 13.6 Å². The maximum atomic E-state index is 12.9. The lowest BCUT2D eigenvalue weighted by atomic mass is 9.95. The number of benzene rings is 2. The number of halogens is 1. The Morgan fingerprint density at radius 3 is 2.58 bits per heavy atom. The van der Waals surface area contributed by atoms with Crippen LogP contribution in [0.4, 0.5) is 0 Å². The van der Waals surface area contributed by atoms with Crippen LogP contribution in [0, 0.1) is 13.0 Å². The number of ether oxygens (including phenoxy) is 1. The molecule has 0 amide bonds. The smallest absolute Gasteiger partial charge is 0.355 e. The van der Waals surface area contributed by atoms with Crippen LogP contribution in [0.2, 0.25) is 5.02 Å². The monoisotopic (exact) mass is 433 g/mol. The summed E-state index contributed by atoms with van der Waals surface area (Å²) in [6, 6.07) is 11.1. The molecule has 155 valence electrons. The molecule has 2 aromatic carbocycles. The van der Waals surface area contributed by atoms with Gasteiger partial charge in [-0.2, -0.15) is 0 Å². The van der Waals surface area contributed by atoms with Crippen molar-refractivity contribution in [2.45, 2.75) is 32.8 Å². The first-order chi connectivity index (χ1) is 15.0. The summed E-state index contributed by atoms with van der Waals surface area (Å²) in [7, 11) is 0. The number of hydrogen-bond donors (Lipinski definition) is 0. The molecule has 4 aromatic rings.